The van der Waals surface area contributed by atoms with Gasteiger partial charge < -0.3 is 4.90 Å². The van der Waals surface area contributed by atoms with E-state index < -0.39 is 0 Å². The normalized spacial score (nSPS) is 12.3. The zero-order valence-electron chi connectivity index (χ0n) is 14.2. The van der Waals surface area contributed by atoms with Gasteiger partial charge in [0.1, 0.15) is 0 Å². The number of anilines is 2. The lowest BCUT2D eigenvalue weighted by molar-refractivity contribution is 0.807. The van der Waals surface area contributed by atoms with Crippen molar-refractivity contribution in [1.82, 2.24) is 0 Å². The van der Waals surface area contributed by atoms with E-state index in [-0.39, 0.29) is 0 Å². The van der Waals surface area contributed by atoms with E-state index in [0.29, 0.717) is 0 Å². The molecule has 2 aromatic rings. The molecule has 0 atom stereocenters. The molecule has 0 saturated carbocycles. The molecule has 0 spiro atoms. The molecule has 0 fully saturated rings. The zero-order valence-corrected chi connectivity index (χ0v) is 14.2. The number of para-hydroxylation sites is 2. The fourth-order valence-corrected chi connectivity index (χ4v) is 2.70. The third kappa shape index (κ3) is 4.10. The van der Waals surface area contributed by atoms with Gasteiger partial charge in [-0.3, -0.25) is 0 Å². The van der Waals surface area contributed by atoms with Crippen molar-refractivity contribution in [3.63, 3.8) is 0 Å². The van der Waals surface area contributed by atoms with Crippen LogP contribution < -0.4 is 4.90 Å². The summed E-state index contributed by atoms with van der Waals surface area (Å²) in [5.74, 6) is 0. The maximum absolute atomic E-state index is 2.32. The Morgan fingerprint density at radius 1 is 0.667 bits per heavy atom. The van der Waals surface area contributed by atoms with Crippen LogP contribution >= 0.6 is 0 Å². The van der Waals surface area contributed by atoms with Crippen molar-refractivity contribution in [2.45, 2.75) is 47.0 Å². The van der Waals surface area contributed by atoms with Gasteiger partial charge in [-0.1, -0.05) is 64.1 Å². The van der Waals surface area contributed by atoms with Gasteiger partial charge in [-0.25, -0.2) is 0 Å². The molecule has 1 heteroatoms. The summed E-state index contributed by atoms with van der Waals surface area (Å²) in [6.07, 6.45) is 3.59. The number of fused-ring (bicyclic) bond motifs is 2. The number of hydrogen-bond donors (Lipinski definition) is 0. The second-order valence-electron chi connectivity index (χ2n) is 4.67. The van der Waals surface area contributed by atoms with Gasteiger partial charge in [-0.15, -0.1) is 0 Å². The Bertz CT molecular complexity index is 483. The highest BCUT2D eigenvalue weighted by atomic mass is 15.1. The number of benzene rings is 2. The maximum atomic E-state index is 2.32. The van der Waals surface area contributed by atoms with Crippen molar-refractivity contribution in [3.05, 3.63) is 59.7 Å². The van der Waals surface area contributed by atoms with Crippen LogP contribution in [0, 0.1) is 0 Å². The quantitative estimate of drug-likeness (QED) is 0.573. The first kappa shape index (κ1) is 17.3. The van der Waals surface area contributed by atoms with Crippen LogP contribution in [0.1, 0.15) is 45.2 Å². The first-order chi connectivity index (χ1) is 10.4. The van der Waals surface area contributed by atoms with Crippen molar-refractivity contribution < 1.29 is 0 Å². The third-order valence-electron chi connectivity index (χ3n) is 3.60. The van der Waals surface area contributed by atoms with Crippen LogP contribution in [0.3, 0.4) is 0 Å². The Labute approximate surface area is 130 Å². The average Bonchev–Trinajstić information content (AvgIpc) is 2.57. The predicted octanol–water partition coefficient (Wildman–Crippen LogP) is 6.00. The summed E-state index contributed by atoms with van der Waals surface area (Å²) in [5, 5.41) is 0. The molecule has 1 aliphatic rings. The molecule has 1 aliphatic heterocycles. The molecule has 0 aromatic heterocycles. The minimum atomic E-state index is 1.18. The molecule has 0 radical (unpaired) electrons. The summed E-state index contributed by atoms with van der Waals surface area (Å²) in [6, 6.07) is 17.5. The Hall–Kier alpha value is -1.76. The fourth-order valence-electron chi connectivity index (χ4n) is 2.70. The summed E-state index contributed by atoms with van der Waals surface area (Å²) in [4.78, 5) is 2.32. The molecule has 0 amide bonds. The molecule has 0 N–H and O–H groups in total. The van der Waals surface area contributed by atoms with Gasteiger partial charge in [-0.05, 0) is 42.5 Å². The van der Waals surface area contributed by atoms with Gasteiger partial charge >= 0.3 is 0 Å². The summed E-state index contributed by atoms with van der Waals surface area (Å²) >= 11 is 0. The molecular formula is C20H29N. The van der Waals surface area contributed by atoms with E-state index in [9.17, 15) is 0 Å². The SMILES string of the molecule is CC.CC.CN1c2ccccc2CCCc2ccccc21. The largest absolute Gasteiger partial charge is 0.344 e. The van der Waals surface area contributed by atoms with Crippen molar-refractivity contribution in [1.29, 1.82) is 0 Å². The summed E-state index contributed by atoms with van der Waals surface area (Å²) < 4.78 is 0. The molecule has 2 aromatic carbocycles. The van der Waals surface area contributed by atoms with E-state index >= 15 is 0 Å². The van der Waals surface area contributed by atoms with E-state index in [2.05, 4.69) is 60.5 Å². The maximum Gasteiger partial charge on any atom is 0.0440 e. The monoisotopic (exact) mass is 283 g/mol. The van der Waals surface area contributed by atoms with Crippen LogP contribution in [0.2, 0.25) is 0 Å². The number of hydrogen-bond acceptors (Lipinski definition) is 1. The lowest BCUT2D eigenvalue weighted by Crippen LogP contribution is -2.15. The number of nitrogens with zero attached hydrogens (tertiary/aromatic N) is 1. The van der Waals surface area contributed by atoms with Crippen LogP contribution in [-0.4, -0.2) is 7.05 Å². The Morgan fingerprint density at radius 2 is 1.05 bits per heavy atom. The lowest BCUT2D eigenvalue weighted by atomic mass is 9.97. The van der Waals surface area contributed by atoms with Crippen molar-refractivity contribution >= 4 is 11.4 Å². The minimum absolute atomic E-state index is 1.18. The molecule has 1 heterocycles. The number of rotatable bonds is 0. The fraction of sp³-hybridized carbons (Fsp3) is 0.400. The van der Waals surface area contributed by atoms with E-state index in [1.54, 1.807) is 0 Å². The highest BCUT2D eigenvalue weighted by Gasteiger charge is 2.14. The standard InChI is InChI=1S/C16H17N.2C2H6/c1-17-15-11-4-2-7-13(15)9-6-10-14-8-3-5-12-16(14)17;2*1-2/h2-5,7-8,11-12H,6,9-10H2,1H3;2*1-2H3. The highest BCUT2D eigenvalue weighted by molar-refractivity contribution is 5.69. The topological polar surface area (TPSA) is 3.24 Å². The highest BCUT2D eigenvalue weighted by Crippen LogP contribution is 2.33. The first-order valence-corrected chi connectivity index (χ1v) is 8.26. The van der Waals surface area contributed by atoms with E-state index in [4.69, 9.17) is 0 Å². The molecule has 114 valence electrons. The average molecular weight is 283 g/mol. The summed E-state index contributed by atoms with van der Waals surface area (Å²) in [5.41, 5.74) is 5.62. The van der Waals surface area contributed by atoms with Crippen LogP contribution in [0.15, 0.2) is 48.5 Å². The van der Waals surface area contributed by atoms with E-state index in [1.165, 1.54) is 41.8 Å². The Morgan fingerprint density at radius 3 is 1.48 bits per heavy atom. The van der Waals surface area contributed by atoms with Gasteiger partial charge in [0.15, 0.2) is 0 Å². The van der Waals surface area contributed by atoms with Crippen LogP contribution in [-0.2, 0) is 12.8 Å². The van der Waals surface area contributed by atoms with Crippen LogP contribution in [0.5, 0.6) is 0 Å². The molecule has 0 unspecified atom stereocenters. The second-order valence-corrected chi connectivity index (χ2v) is 4.67. The zero-order chi connectivity index (χ0) is 15.7. The molecule has 0 saturated heterocycles. The van der Waals surface area contributed by atoms with E-state index in [0.717, 1.165) is 0 Å². The number of aryl methyl sites for hydroxylation is 2. The van der Waals surface area contributed by atoms with Gasteiger partial charge in [0.2, 0.25) is 0 Å². The molecule has 3 rings (SSSR count). The smallest absolute Gasteiger partial charge is 0.0440 e. The van der Waals surface area contributed by atoms with Gasteiger partial charge in [0.05, 0.1) is 0 Å². The summed E-state index contributed by atoms with van der Waals surface area (Å²) in [6.45, 7) is 8.00. The first-order valence-electron chi connectivity index (χ1n) is 8.26. The van der Waals surface area contributed by atoms with Gasteiger partial charge in [0, 0.05) is 18.4 Å². The van der Waals surface area contributed by atoms with E-state index in [1.807, 2.05) is 27.7 Å². The molecule has 0 bridgehead atoms. The molecule has 1 nitrogen and oxygen atoms in total. The van der Waals surface area contributed by atoms with Crippen molar-refractivity contribution in [2.24, 2.45) is 0 Å². The van der Waals surface area contributed by atoms with Crippen molar-refractivity contribution in [3.8, 4) is 0 Å². The van der Waals surface area contributed by atoms with Gasteiger partial charge in [-0.2, -0.15) is 0 Å². The molecule has 0 aliphatic carbocycles. The van der Waals surface area contributed by atoms with Gasteiger partial charge in [0.25, 0.3) is 0 Å². The Balaban J connectivity index is 0.000000510. The lowest BCUT2D eigenvalue weighted by Gasteiger charge is -2.27. The van der Waals surface area contributed by atoms with Crippen LogP contribution in [0.25, 0.3) is 0 Å². The second kappa shape index (κ2) is 9.23. The predicted molar refractivity (Wildman–Crippen MR) is 95.7 cm³/mol. The van der Waals surface area contributed by atoms with Crippen LogP contribution in [0.4, 0.5) is 11.4 Å². The minimum Gasteiger partial charge on any atom is -0.344 e. The Kier molecular flexibility index (Phi) is 7.60. The molecular weight excluding hydrogens is 254 g/mol. The third-order valence-corrected chi connectivity index (χ3v) is 3.60. The summed E-state index contributed by atoms with van der Waals surface area (Å²) in [7, 11) is 2.17. The van der Waals surface area contributed by atoms with Crippen molar-refractivity contribution in [2.75, 3.05) is 11.9 Å². The molecule has 21 heavy (non-hydrogen) atoms.